The molecule has 4 nitrogen and oxygen atoms in total. The SMILES string of the molecule is Cc1ccc(C(C)NC(=O)Cn2ccnc2C)cc1C. The van der Waals surface area contributed by atoms with Crippen molar-refractivity contribution in [3.05, 3.63) is 53.1 Å². The lowest BCUT2D eigenvalue weighted by molar-refractivity contribution is -0.122. The van der Waals surface area contributed by atoms with Crippen LogP contribution < -0.4 is 5.32 Å². The predicted octanol–water partition coefficient (Wildman–Crippen LogP) is 2.69. The van der Waals surface area contributed by atoms with Crippen LogP contribution in [0.2, 0.25) is 0 Å². The van der Waals surface area contributed by atoms with Gasteiger partial charge in [0.15, 0.2) is 0 Å². The number of imidazole rings is 1. The molecule has 0 saturated carbocycles. The molecule has 2 rings (SSSR count). The van der Waals surface area contributed by atoms with Gasteiger partial charge in [-0.3, -0.25) is 4.79 Å². The summed E-state index contributed by atoms with van der Waals surface area (Å²) < 4.78 is 1.84. The zero-order valence-corrected chi connectivity index (χ0v) is 12.5. The number of carbonyl (C=O) groups is 1. The van der Waals surface area contributed by atoms with Crippen LogP contribution in [0, 0.1) is 20.8 Å². The van der Waals surface area contributed by atoms with Gasteiger partial charge in [0.1, 0.15) is 12.4 Å². The molecule has 1 heterocycles. The van der Waals surface area contributed by atoms with E-state index in [9.17, 15) is 4.79 Å². The van der Waals surface area contributed by atoms with Crippen LogP contribution in [-0.4, -0.2) is 15.5 Å². The number of benzene rings is 1. The third-order valence-electron chi connectivity index (χ3n) is 3.65. The summed E-state index contributed by atoms with van der Waals surface area (Å²) in [6.45, 7) is 8.37. The normalized spacial score (nSPS) is 12.2. The predicted molar refractivity (Wildman–Crippen MR) is 79.4 cm³/mol. The molecule has 0 aliphatic heterocycles. The van der Waals surface area contributed by atoms with Gasteiger partial charge in [-0.1, -0.05) is 18.2 Å². The first-order valence-electron chi connectivity index (χ1n) is 6.81. The Labute approximate surface area is 119 Å². The Morgan fingerprint density at radius 2 is 2.05 bits per heavy atom. The van der Waals surface area contributed by atoms with Crippen molar-refractivity contribution in [3.8, 4) is 0 Å². The van der Waals surface area contributed by atoms with Crippen molar-refractivity contribution in [2.75, 3.05) is 0 Å². The lowest BCUT2D eigenvalue weighted by Gasteiger charge is -2.16. The minimum atomic E-state index is -0.00294. The van der Waals surface area contributed by atoms with Gasteiger partial charge in [-0.2, -0.15) is 0 Å². The maximum absolute atomic E-state index is 12.0. The Hall–Kier alpha value is -2.10. The van der Waals surface area contributed by atoms with Gasteiger partial charge >= 0.3 is 0 Å². The minimum absolute atomic E-state index is 0.00294. The zero-order chi connectivity index (χ0) is 14.7. The number of nitrogens with one attached hydrogen (secondary N) is 1. The number of nitrogens with zero attached hydrogens (tertiary/aromatic N) is 2. The molecule has 0 radical (unpaired) electrons. The second-order valence-electron chi connectivity index (χ2n) is 5.24. The van der Waals surface area contributed by atoms with Crippen LogP contribution in [0.1, 0.15) is 35.5 Å². The van der Waals surface area contributed by atoms with E-state index in [1.165, 1.54) is 11.1 Å². The van der Waals surface area contributed by atoms with Crippen molar-refractivity contribution < 1.29 is 4.79 Å². The standard InChI is InChI=1S/C16H21N3O/c1-11-5-6-15(9-12(11)2)13(3)18-16(20)10-19-8-7-17-14(19)4/h5-9,13H,10H2,1-4H3,(H,18,20). The summed E-state index contributed by atoms with van der Waals surface area (Å²) >= 11 is 0. The van der Waals surface area contributed by atoms with Gasteiger partial charge in [0, 0.05) is 12.4 Å². The van der Waals surface area contributed by atoms with Crippen molar-refractivity contribution in [1.82, 2.24) is 14.9 Å². The molecule has 20 heavy (non-hydrogen) atoms. The number of carbonyl (C=O) groups excluding carboxylic acids is 1. The van der Waals surface area contributed by atoms with E-state index in [-0.39, 0.29) is 11.9 Å². The fraction of sp³-hybridized carbons (Fsp3) is 0.375. The monoisotopic (exact) mass is 271 g/mol. The third kappa shape index (κ3) is 3.26. The van der Waals surface area contributed by atoms with E-state index < -0.39 is 0 Å². The summed E-state index contributed by atoms with van der Waals surface area (Å²) in [5.41, 5.74) is 3.64. The highest BCUT2D eigenvalue weighted by atomic mass is 16.2. The van der Waals surface area contributed by atoms with Gasteiger partial charge in [-0.05, 0) is 44.4 Å². The molecule has 0 aliphatic carbocycles. The summed E-state index contributed by atoms with van der Waals surface area (Å²) in [7, 11) is 0. The molecule has 0 bridgehead atoms. The van der Waals surface area contributed by atoms with Crippen LogP contribution in [0.3, 0.4) is 0 Å². The third-order valence-corrected chi connectivity index (χ3v) is 3.65. The fourth-order valence-corrected chi connectivity index (χ4v) is 2.13. The smallest absolute Gasteiger partial charge is 0.240 e. The highest BCUT2D eigenvalue weighted by molar-refractivity contribution is 5.76. The van der Waals surface area contributed by atoms with E-state index in [1.54, 1.807) is 6.20 Å². The summed E-state index contributed by atoms with van der Waals surface area (Å²) in [5.74, 6) is 0.843. The van der Waals surface area contributed by atoms with Crippen LogP contribution in [-0.2, 0) is 11.3 Å². The molecule has 1 aromatic carbocycles. The van der Waals surface area contributed by atoms with Crippen LogP contribution in [0.15, 0.2) is 30.6 Å². The molecule has 1 N–H and O–H groups in total. The van der Waals surface area contributed by atoms with Gasteiger partial charge in [0.2, 0.25) is 5.91 Å². The Balaban J connectivity index is 2.00. The quantitative estimate of drug-likeness (QED) is 0.929. The van der Waals surface area contributed by atoms with Crippen molar-refractivity contribution in [3.63, 3.8) is 0 Å². The van der Waals surface area contributed by atoms with E-state index in [1.807, 2.05) is 24.6 Å². The van der Waals surface area contributed by atoms with Gasteiger partial charge < -0.3 is 9.88 Å². The summed E-state index contributed by atoms with van der Waals surface area (Å²) in [4.78, 5) is 16.1. The molecule has 1 atom stereocenters. The molecule has 0 spiro atoms. The number of hydrogen-bond acceptors (Lipinski definition) is 2. The highest BCUT2D eigenvalue weighted by Crippen LogP contribution is 2.16. The first-order chi connectivity index (χ1) is 9.47. The van der Waals surface area contributed by atoms with Gasteiger partial charge in [0.25, 0.3) is 0 Å². The molecule has 0 fully saturated rings. The number of aromatic nitrogens is 2. The first-order valence-corrected chi connectivity index (χ1v) is 6.81. The van der Waals surface area contributed by atoms with Gasteiger partial charge in [-0.15, -0.1) is 0 Å². The van der Waals surface area contributed by atoms with Crippen LogP contribution in [0.4, 0.5) is 0 Å². The largest absolute Gasteiger partial charge is 0.348 e. The minimum Gasteiger partial charge on any atom is -0.348 e. The maximum Gasteiger partial charge on any atom is 0.240 e. The van der Waals surface area contributed by atoms with E-state index in [0.29, 0.717) is 6.54 Å². The molecule has 2 aromatic rings. The van der Waals surface area contributed by atoms with E-state index >= 15 is 0 Å². The lowest BCUT2D eigenvalue weighted by atomic mass is 10.0. The van der Waals surface area contributed by atoms with Crippen LogP contribution in [0.5, 0.6) is 0 Å². The molecular formula is C16H21N3O. The molecule has 106 valence electrons. The van der Waals surface area contributed by atoms with E-state index in [4.69, 9.17) is 0 Å². The fourth-order valence-electron chi connectivity index (χ4n) is 2.13. The number of rotatable bonds is 4. The number of amides is 1. The molecule has 1 unspecified atom stereocenters. The number of hydrogen-bond donors (Lipinski definition) is 1. The molecule has 0 aliphatic rings. The van der Waals surface area contributed by atoms with Crippen LogP contribution in [0.25, 0.3) is 0 Å². The average Bonchev–Trinajstić information content (AvgIpc) is 2.78. The topological polar surface area (TPSA) is 46.9 Å². The Morgan fingerprint density at radius 1 is 1.30 bits per heavy atom. The van der Waals surface area contributed by atoms with E-state index in [0.717, 1.165) is 11.4 Å². The molecule has 4 heteroatoms. The van der Waals surface area contributed by atoms with Crippen molar-refractivity contribution >= 4 is 5.91 Å². The maximum atomic E-state index is 12.0. The average molecular weight is 271 g/mol. The Morgan fingerprint density at radius 3 is 2.65 bits per heavy atom. The van der Waals surface area contributed by atoms with Gasteiger partial charge in [0.05, 0.1) is 6.04 Å². The molecule has 1 amide bonds. The van der Waals surface area contributed by atoms with Crippen molar-refractivity contribution in [2.24, 2.45) is 0 Å². The highest BCUT2D eigenvalue weighted by Gasteiger charge is 2.11. The second-order valence-corrected chi connectivity index (χ2v) is 5.24. The summed E-state index contributed by atoms with van der Waals surface area (Å²) in [6, 6.07) is 6.29. The number of aryl methyl sites for hydroxylation is 3. The lowest BCUT2D eigenvalue weighted by Crippen LogP contribution is -2.30. The zero-order valence-electron chi connectivity index (χ0n) is 12.5. The summed E-state index contributed by atoms with van der Waals surface area (Å²) in [5, 5.41) is 3.02. The molecule has 0 saturated heterocycles. The molecule has 1 aromatic heterocycles. The first kappa shape index (κ1) is 14.3. The summed E-state index contributed by atoms with van der Waals surface area (Å²) in [6.07, 6.45) is 3.52. The second kappa shape index (κ2) is 5.90. The van der Waals surface area contributed by atoms with Crippen molar-refractivity contribution in [2.45, 2.75) is 40.3 Å². The molecular weight excluding hydrogens is 250 g/mol. The van der Waals surface area contributed by atoms with Gasteiger partial charge in [-0.25, -0.2) is 4.98 Å². The Kier molecular flexibility index (Phi) is 4.23. The van der Waals surface area contributed by atoms with E-state index in [2.05, 4.69) is 42.3 Å². The van der Waals surface area contributed by atoms with Crippen molar-refractivity contribution in [1.29, 1.82) is 0 Å². The Bertz CT molecular complexity index is 616. The van der Waals surface area contributed by atoms with Crippen LogP contribution >= 0.6 is 0 Å².